The third-order valence-electron chi connectivity index (χ3n) is 5.80. The molecule has 33 heavy (non-hydrogen) atoms. The largest absolute Gasteiger partial charge is 0.379 e. The summed E-state index contributed by atoms with van der Waals surface area (Å²) in [6.45, 7) is 4.45. The molecule has 1 aromatic heterocycles. The van der Waals surface area contributed by atoms with Crippen LogP contribution in [0.4, 0.5) is 4.39 Å². The number of para-hydroxylation sites is 1. The van der Waals surface area contributed by atoms with E-state index in [0.717, 1.165) is 53.8 Å². The summed E-state index contributed by atoms with van der Waals surface area (Å²) in [6, 6.07) is 14.6. The number of amides is 1. The van der Waals surface area contributed by atoms with Gasteiger partial charge < -0.3 is 9.64 Å². The second-order valence-electron chi connectivity index (χ2n) is 7.97. The van der Waals surface area contributed by atoms with Crippen LogP contribution in [0.2, 0.25) is 0 Å². The van der Waals surface area contributed by atoms with Gasteiger partial charge in [-0.3, -0.25) is 9.69 Å². The molecule has 2 aliphatic rings. The molecule has 1 amide bonds. The fraction of sp³-hybridized carbons (Fsp3) is 0.375. The molecule has 5 rings (SSSR count). The molecule has 2 aliphatic heterocycles. The number of thioether (sulfide) groups is 2. The van der Waals surface area contributed by atoms with Gasteiger partial charge in [0, 0.05) is 36.3 Å². The Kier molecular flexibility index (Phi) is 7.10. The lowest BCUT2D eigenvalue weighted by Gasteiger charge is -2.26. The van der Waals surface area contributed by atoms with Gasteiger partial charge in [-0.1, -0.05) is 48.2 Å². The summed E-state index contributed by atoms with van der Waals surface area (Å²) in [4.78, 5) is 26.8. The predicted octanol–water partition coefficient (Wildman–Crippen LogP) is 3.97. The van der Waals surface area contributed by atoms with Crippen LogP contribution in [0.25, 0.3) is 10.9 Å². The smallest absolute Gasteiger partial charge is 0.234 e. The van der Waals surface area contributed by atoms with Gasteiger partial charge in [0.2, 0.25) is 5.91 Å². The molecule has 2 saturated heterocycles. The number of carbonyl (C=O) groups excluding carboxylic acids is 1. The van der Waals surface area contributed by atoms with Crippen molar-refractivity contribution in [3.8, 4) is 0 Å². The van der Waals surface area contributed by atoms with E-state index in [1.54, 1.807) is 28.8 Å². The van der Waals surface area contributed by atoms with Gasteiger partial charge in [-0.25, -0.2) is 14.4 Å². The molecule has 0 bridgehead atoms. The number of benzene rings is 2. The molecule has 0 N–H and O–H groups in total. The SMILES string of the molecule is O=C(CSc1nc(CN2CCOCC2)nc2ccccc12)N1CCSC1c1ccccc1F. The molecule has 0 aliphatic carbocycles. The Balaban J connectivity index is 1.33. The average molecular weight is 485 g/mol. The molecule has 1 unspecified atom stereocenters. The van der Waals surface area contributed by atoms with Crippen molar-refractivity contribution in [3.05, 3.63) is 65.7 Å². The van der Waals surface area contributed by atoms with Gasteiger partial charge in [-0.15, -0.1) is 11.8 Å². The maximum Gasteiger partial charge on any atom is 0.234 e. The lowest BCUT2D eigenvalue weighted by atomic mass is 10.2. The van der Waals surface area contributed by atoms with E-state index < -0.39 is 0 Å². The van der Waals surface area contributed by atoms with Gasteiger partial charge in [0.05, 0.1) is 31.0 Å². The number of nitrogens with zero attached hydrogens (tertiary/aromatic N) is 4. The first-order chi connectivity index (χ1) is 16.2. The van der Waals surface area contributed by atoms with Crippen LogP contribution in [-0.2, 0) is 16.1 Å². The summed E-state index contributed by atoms with van der Waals surface area (Å²) in [6.07, 6.45) is 0. The third-order valence-corrected chi connectivity index (χ3v) is 8.02. The van der Waals surface area contributed by atoms with Gasteiger partial charge in [-0.2, -0.15) is 0 Å². The Morgan fingerprint density at radius 2 is 1.88 bits per heavy atom. The maximum atomic E-state index is 14.4. The van der Waals surface area contributed by atoms with Crippen molar-refractivity contribution in [2.45, 2.75) is 16.9 Å². The highest BCUT2D eigenvalue weighted by atomic mass is 32.2. The molecule has 3 heterocycles. The Hall–Kier alpha value is -2.20. The van der Waals surface area contributed by atoms with E-state index in [2.05, 4.69) is 4.90 Å². The lowest BCUT2D eigenvalue weighted by Crippen LogP contribution is -2.36. The molecule has 1 atom stereocenters. The predicted molar refractivity (Wildman–Crippen MR) is 130 cm³/mol. The molecule has 3 aromatic rings. The van der Waals surface area contributed by atoms with E-state index in [-0.39, 0.29) is 22.9 Å². The van der Waals surface area contributed by atoms with Crippen molar-refractivity contribution in [2.75, 3.05) is 44.4 Å². The Morgan fingerprint density at radius 3 is 2.73 bits per heavy atom. The van der Waals surface area contributed by atoms with Crippen LogP contribution >= 0.6 is 23.5 Å². The molecule has 6 nitrogen and oxygen atoms in total. The Bertz CT molecular complexity index is 1140. The maximum absolute atomic E-state index is 14.4. The first-order valence-electron chi connectivity index (χ1n) is 11.0. The molecule has 2 fully saturated rings. The molecule has 0 spiro atoms. The number of hydrogen-bond acceptors (Lipinski definition) is 7. The standard InChI is InChI=1S/C24H25FN4O2S2/c25-19-7-3-1-5-17(19)24-29(11-14-32-24)22(30)16-33-23-18-6-2-4-8-20(18)26-21(27-23)15-28-9-12-31-13-10-28/h1-8,24H,9-16H2. The number of carbonyl (C=O) groups is 1. The average Bonchev–Trinajstić information content (AvgIpc) is 3.33. The topological polar surface area (TPSA) is 58.6 Å². The highest BCUT2D eigenvalue weighted by molar-refractivity contribution is 8.00. The summed E-state index contributed by atoms with van der Waals surface area (Å²) in [5.74, 6) is 1.54. The number of halogens is 1. The fourth-order valence-electron chi connectivity index (χ4n) is 4.10. The van der Waals surface area contributed by atoms with E-state index >= 15 is 0 Å². The second-order valence-corrected chi connectivity index (χ2v) is 10.1. The van der Waals surface area contributed by atoms with Crippen LogP contribution in [0.5, 0.6) is 0 Å². The van der Waals surface area contributed by atoms with E-state index in [4.69, 9.17) is 14.7 Å². The van der Waals surface area contributed by atoms with Crippen molar-refractivity contribution in [1.82, 2.24) is 19.8 Å². The third kappa shape index (κ3) is 5.16. The molecule has 2 aromatic carbocycles. The van der Waals surface area contributed by atoms with Gasteiger partial charge in [0.1, 0.15) is 22.0 Å². The molecule has 0 saturated carbocycles. The lowest BCUT2D eigenvalue weighted by molar-refractivity contribution is -0.128. The summed E-state index contributed by atoms with van der Waals surface area (Å²) in [5, 5.41) is 1.48. The van der Waals surface area contributed by atoms with Crippen LogP contribution in [-0.4, -0.2) is 70.0 Å². The number of ether oxygens (including phenoxy) is 1. The zero-order valence-corrected chi connectivity index (χ0v) is 19.8. The van der Waals surface area contributed by atoms with E-state index in [0.29, 0.717) is 18.7 Å². The van der Waals surface area contributed by atoms with Gasteiger partial charge >= 0.3 is 0 Å². The highest BCUT2D eigenvalue weighted by Gasteiger charge is 2.32. The monoisotopic (exact) mass is 484 g/mol. The van der Waals surface area contributed by atoms with Gasteiger partial charge in [-0.05, 0) is 12.1 Å². The van der Waals surface area contributed by atoms with Crippen molar-refractivity contribution in [1.29, 1.82) is 0 Å². The minimum atomic E-state index is -0.279. The minimum absolute atomic E-state index is 0.00400. The molecule has 9 heteroatoms. The normalized spacial score (nSPS) is 19.3. The zero-order chi connectivity index (χ0) is 22.6. The molecule has 0 radical (unpaired) electrons. The summed E-state index contributed by atoms with van der Waals surface area (Å²) < 4.78 is 19.8. The number of morpholine rings is 1. The van der Waals surface area contributed by atoms with Gasteiger partial charge in [0.15, 0.2) is 0 Å². The highest BCUT2D eigenvalue weighted by Crippen LogP contribution is 2.39. The number of hydrogen-bond donors (Lipinski definition) is 0. The summed E-state index contributed by atoms with van der Waals surface area (Å²) >= 11 is 3.04. The molecular formula is C24H25FN4O2S2. The molecular weight excluding hydrogens is 459 g/mol. The molecule has 172 valence electrons. The first kappa shape index (κ1) is 22.6. The fourth-order valence-corrected chi connectivity index (χ4v) is 6.33. The number of rotatable bonds is 6. The zero-order valence-electron chi connectivity index (χ0n) is 18.2. The summed E-state index contributed by atoms with van der Waals surface area (Å²) in [7, 11) is 0. The van der Waals surface area contributed by atoms with Crippen LogP contribution in [0.3, 0.4) is 0 Å². The quantitative estimate of drug-likeness (QED) is 0.388. The Morgan fingerprint density at radius 1 is 1.09 bits per heavy atom. The van der Waals surface area contributed by atoms with Crippen molar-refractivity contribution >= 4 is 40.3 Å². The first-order valence-corrected chi connectivity index (χ1v) is 13.1. The number of aromatic nitrogens is 2. The van der Waals surface area contributed by atoms with E-state index in [1.165, 1.54) is 17.8 Å². The van der Waals surface area contributed by atoms with Crippen molar-refractivity contribution in [2.24, 2.45) is 0 Å². The van der Waals surface area contributed by atoms with Crippen LogP contribution in [0.15, 0.2) is 53.6 Å². The Labute approximate surface area is 200 Å². The van der Waals surface area contributed by atoms with E-state index in [9.17, 15) is 9.18 Å². The van der Waals surface area contributed by atoms with E-state index in [1.807, 2.05) is 30.3 Å². The van der Waals surface area contributed by atoms with Crippen molar-refractivity contribution < 1.29 is 13.9 Å². The van der Waals surface area contributed by atoms with Gasteiger partial charge in [0.25, 0.3) is 0 Å². The number of fused-ring (bicyclic) bond motifs is 1. The van der Waals surface area contributed by atoms with Crippen LogP contribution in [0, 0.1) is 5.82 Å². The van der Waals surface area contributed by atoms with Crippen LogP contribution in [0.1, 0.15) is 16.8 Å². The summed E-state index contributed by atoms with van der Waals surface area (Å²) in [5.41, 5.74) is 1.45. The minimum Gasteiger partial charge on any atom is -0.379 e. The van der Waals surface area contributed by atoms with Crippen LogP contribution < -0.4 is 0 Å². The van der Waals surface area contributed by atoms with Crippen molar-refractivity contribution in [3.63, 3.8) is 0 Å². The second kappa shape index (κ2) is 10.4.